The van der Waals surface area contributed by atoms with Gasteiger partial charge in [-0.25, -0.2) is 4.21 Å². The predicted octanol–water partition coefficient (Wildman–Crippen LogP) is 0.679. The number of imide groups is 1. The van der Waals surface area contributed by atoms with E-state index in [1.807, 2.05) is 0 Å². The fraction of sp³-hybridized carbons (Fsp3) is 0.308. The lowest BCUT2D eigenvalue weighted by Gasteiger charge is -2.26. The second-order valence-electron chi connectivity index (χ2n) is 4.92. The number of carbonyl (C=O) groups is 3. The van der Waals surface area contributed by atoms with Gasteiger partial charge >= 0.3 is 0 Å². The van der Waals surface area contributed by atoms with E-state index in [-0.39, 0.29) is 12.2 Å². The predicted molar refractivity (Wildman–Crippen MR) is 71.7 cm³/mol. The summed E-state index contributed by atoms with van der Waals surface area (Å²) in [5.74, 6) is -1.41. The van der Waals surface area contributed by atoms with Gasteiger partial charge in [-0.2, -0.15) is 4.36 Å². The zero-order valence-electron chi connectivity index (χ0n) is 10.7. The first-order valence-electron chi connectivity index (χ1n) is 6.11. The van der Waals surface area contributed by atoms with Gasteiger partial charge in [-0.3, -0.25) is 19.3 Å². The Kier molecular flexibility index (Phi) is 2.75. The molecular formula is C13H12N2O4S. The van der Waals surface area contributed by atoms with E-state index in [2.05, 4.69) is 4.36 Å². The van der Waals surface area contributed by atoms with E-state index in [0.717, 1.165) is 4.90 Å². The lowest BCUT2D eigenvalue weighted by Crippen LogP contribution is -2.47. The Morgan fingerprint density at radius 3 is 2.20 bits per heavy atom. The van der Waals surface area contributed by atoms with Crippen LogP contribution in [-0.2, 0) is 14.5 Å². The van der Waals surface area contributed by atoms with E-state index in [1.165, 1.54) is 6.26 Å². The van der Waals surface area contributed by atoms with E-state index in [9.17, 15) is 18.6 Å². The van der Waals surface area contributed by atoms with Crippen molar-refractivity contribution in [3.05, 3.63) is 35.4 Å². The lowest BCUT2D eigenvalue weighted by molar-refractivity contribution is -0.121. The monoisotopic (exact) mass is 292 g/mol. The number of hydrogen-bond donors (Lipinski definition) is 0. The summed E-state index contributed by atoms with van der Waals surface area (Å²) in [5.41, 5.74) is 0.598. The summed E-state index contributed by atoms with van der Waals surface area (Å²) in [6, 6.07) is 5.52. The number of hydrogen-bond acceptors (Lipinski definition) is 4. The van der Waals surface area contributed by atoms with Gasteiger partial charge in [-0.15, -0.1) is 0 Å². The SMILES string of the molecule is C[S@]1(=O)=NC(=O)[C@@H](N2C(=O)c3ccccc3C2=O)CC1. The van der Waals surface area contributed by atoms with Crippen molar-refractivity contribution in [2.45, 2.75) is 12.5 Å². The Bertz CT molecular complexity index is 726. The summed E-state index contributed by atoms with van der Waals surface area (Å²) >= 11 is 0. The largest absolute Gasteiger partial charge is 0.277 e. The average Bonchev–Trinajstić information content (AvgIpc) is 2.63. The maximum absolute atomic E-state index is 12.3. The molecule has 6 nitrogen and oxygen atoms in total. The van der Waals surface area contributed by atoms with Crippen LogP contribution in [0.4, 0.5) is 0 Å². The number of carbonyl (C=O) groups excluding carboxylic acids is 3. The molecule has 0 fully saturated rings. The summed E-state index contributed by atoms with van der Waals surface area (Å²) in [5, 5.41) is 0. The Morgan fingerprint density at radius 1 is 1.15 bits per heavy atom. The minimum atomic E-state index is -2.52. The molecule has 3 rings (SSSR count). The van der Waals surface area contributed by atoms with Crippen molar-refractivity contribution in [1.29, 1.82) is 0 Å². The molecular weight excluding hydrogens is 280 g/mol. The number of amides is 3. The van der Waals surface area contributed by atoms with Crippen molar-refractivity contribution >= 4 is 27.5 Å². The van der Waals surface area contributed by atoms with Gasteiger partial charge < -0.3 is 0 Å². The molecule has 0 saturated heterocycles. The van der Waals surface area contributed by atoms with Gasteiger partial charge in [0, 0.05) is 12.0 Å². The Labute approximate surface area is 115 Å². The maximum Gasteiger partial charge on any atom is 0.277 e. The maximum atomic E-state index is 12.3. The fourth-order valence-corrected chi connectivity index (χ4v) is 3.74. The van der Waals surface area contributed by atoms with Gasteiger partial charge in [0.1, 0.15) is 6.04 Å². The number of rotatable bonds is 1. The van der Waals surface area contributed by atoms with Crippen molar-refractivity contribution in [2.75, 3.05) is 12.0 Å². The molecule has 2 aliphatic heterocycles. The van der Waals surface area contributed by atoms with Gasteiger partial charge in [0.2, 0.25) is 0 Å². The van der Waals surface area contributed by atoms with Crippen LogP contribution in [0.3, 0.4) is 0 Å². The third-order valence-electron chi connectivity index (χ3n) is 3.48. The first-order valence-corrected chi connectivity index (χ1v) is 8.20. The fourth-order valence-electron chi connectivity index (χ4n) is 2.48. The van der Waals surface area contributed by atoms with Gasteiger partial charge in [-0.1, -0.05) is 12.1 Å². The molecule has 2 aliphatic rings. The normalized spacial score (nSPS) is 29.4. The highest BCUT2D eigenvalue weighted by Crippen LogP contribution is 2.27. The quantitative estimate of drug-likeness (QED) is 0.712. The molecule has 2 heterocycles. The van der Waals surface area contributed by atoms with Crippen molar-refractivity contribution in [3.8, 4) is 0 Å². The van der Waals surface area contributed by atoms with Crippen LogP contribution < -0.4 is 0 Å². The Balaban J connectivity index is 2.01. The van der Waals surface area contributed by atoms with E-state index in [1.54, 1.807) is 24.3 Å². The zero-order chi connectivity index (χ0) is 14.5. The van der Waals surface area contributed by atoms with E-state index >= 15 is 0 Å². The van der Waals surface area contributed by atoms with Crippen LogP contribution in [0.2, 0.25) is 0 Å². The van der Waals surface area contributed by atoms with Crippen molar-refractivity contribution in [1.82, 2.24) is 4.90 Å². The summed E-state index contributed by atoms with van der Waals surface area (Å²) in [7, 11) is -2.52. The standard InChI is InChI=1S/C13H12N2O4S/c1-20(19)7-6-10(11(16)14-20)15-12(17)8-4-2-3-5-9(8)13(15)18/h2-5,10H,6-7H2,1H3/t10-,20+/m0/s1. The first kappa shape index (κ1) is 13.0. The number of nitrogens with zero attached hydrogens (tertiary/aromatic N) is 2. The molecule has 0 aliphatic carbocycles. The molecule has 0 N–H and O–H groups in total. The van der Waals surface area contributed by atoms with Crippen LogP contribution >= 0.6 is 0 Å². The molecule has 0 saturated carbocycles. The Hall–Kier alpha value is -2.02. The summed E-state index contributed by atoms with van der Waals surface area (Å²) in [4.78, 5) is 37.4. The van der Waals surface area contributed by atoms with E-state index in [4.69, 9.17) is 0 Å². The molecule has 20 heavy (non-hydrogen) atoms. The first-order chi connectivity index (χ1) is 9.41. The van der Waals surface area contributed by atoms with Crippen LogP contribution in [-0.4, -0.2) is 44.9 Å². The molecule has 0 radical (unpaired) electrons. The van der Waals surface area contributed by atoms with Crippen molar-refractivity contribution in [3.63, 3.8) is 0 Å². The molecule has 7 heteroatoms. The molecule has 3 amide bonds. The minimum Gasteiger partial charge on any atom is -0.270 e. The highest BCUT2D eigenvalue weighted by Gasteiger charge is 2.44. The van der Waals surface area contributed by atoms with Crippen LogP contribution in [0.15, 0.2) is 28.6 Å². The van der Waals surface area contributed by atoms with Crippen molar-refractivity contribution in [2.24, 2.45) is 4.36 Å². The van der Waals surface area contributed by atoms with Crippen LogP contribution in [0.25, 0.3) is 0 Å². The minimum absolute atomic E-state index is 0.198. The molecule has 0 spiro atoms. The van der Waals surface area contributed by atoms with Gasteiger partial charge in [0.25, 0.3) is 17.7 Å². The second kappa shape index (κ2) is 4.24. The van der Waals surface area contributed by atoms with Gasteiger partial charge in [-0.05, 0) is 18.6 Å². The molecule has 0 unspecified atom stereocenters. The number of fused-ring (bicyclic) bond motifs is 1. The van der Waals surface area contributed by atoms with Gasteiger partial charge in [0.05, 0.1) is 20.9 Å². The van der Waals surface area contributed by atoms with Crippen LogP contribution in [0, 0.1) is 0 Å². The second-order valence-corrected chi connectivity index (χ2v) is 7.43. The van der Waals surface area contributed by atoms with Crippen LogP contribution in [0.1, 0.15) is 27.1 Å². The topological polar surface area (TPSA) is 83.9 Å². The highest BCUT2D eigenvalue weighted by molar-refractivity contribution is 7.93. The number of benzene rings is 1. The smallest absolute Gasteiger partial charge is 0.270 e. The third kappa shape index (κ3) is 1.85. The summed E-state index contributed by atoms with van der Waals surface area (Å²) < 4.78 is 15.4. The van der Waals surface area contributed by atoms with E-state index in [0.29, 0.717) is 11.1 Å². The third-order valence-corrected chi connectivity index (χ3v) is 5.03. The lowest BCUT2D eigenvalue weighted by atomic mass is 10.1. The summed E-state index contributed by atoms with van der Waals surface area (Å²) in [6.07, 6.45) is 1.60. The average molecular weight is 292 g/mol. The highest BCUT2D eigenvalue weighted by atomic mass is 32.2. The zero-order valence-corrected chi connectivity index (χ0v) is 11.6. The molecule has 0 aromatic heterocycles. The van der Waals surface area contributed by atoms with Crippen LogP contribution in [0.5, 0.6) is 0 Å². The van der Waals surface area contributed by atoms with Crippen molar-refractivity contribution < 1.29 is 18.6 Å². The Morgan fingerprint density at radius 2 is 1.70 bits per heavy atom. The molecule has 2 atom stereocenters. The molecule has 1 aromatic rings. The van der Waals surface area contributed by atoms with E-state index < -0.39 is 33.5 Å². The molecule has 0 bridgehead atoms. The summed E-state index contributed by atoms with van der Waals surface area (Å²) in [6.45, 7) is 0. The molecule has 104 valence electrons. The van der Waals surface area contributed by atoms with Gasteiger partial charge in [0.15, 0.2) is 0 Å². The molecule has 1 aromatic carbocycles.